The van der Waals surface area contributed by atoms with Gasteiger partial charge in [0.1, 0.15) is 17.1 Å². The number of benzene rings is 4. The first kappa shape index (κ1) is 34.5. The van der Waals surface area contributed by atoms with Gasteiger partial charge in [0.25, 0.3) is 11.5 Å². The molecule has 0 aliphatic rings. The molecule has 11 nitrogen and oxygen atoms in total. The molecule has 0 fully saturated rings. The number of nitrogens with zero attached hydrogens (tertiary/aromatic N) is 3. The number of nitrogens with one attached hydrogen (secondary N) is 1. The van der Waals surface area contributed by atoms with Crippen LogP contribution in [0.25, 0.3) is 16.6 Å². The number of carbonyl (C=O) groups excluding carboxylic acids is 1. The number of ether oxygens (including phenoxy) is 4. The number of aromatic nitrogens is 3. The summed E-state index contributed by atoms with van der Waals surface area (Å²) in [5, 5.41) is 3.07. The molecule has 0 atom stereocenters. The maximum atomic E-state index is 15.4. The van der Waals surface area contributed by atoms with Gasteiger partial charge in [-0.15, -0.1) is 0 Å². The zero-order valence-corrected chi connectivity index (χ0v) is 27.6. The Morgan fingerprint density at radius 3 is 2.31 bits per heavy atom. The van der Waals surface area contributed by atoms with E-state index in [4.69, 9.17) is 18.9 Å². The molecule has 0 radical (unpaired) electrons. The quantitative estimate of drug-likeness (QED) is 0.136. The summed E-state index contributed by atoms with van der Waals surface area (Å²) in [5.41, 5.74) is -0.435. The summed E-state index contributed by atoms with van der Waals surface area (Å²) in [4.78, 5) is 44.8. The predicted octanol–water partition coefficient (Wildman–Crippen LogP) is 6.49. The average Bonchev–Trinajstić information content (AvgIpc) is 3.14. The van der Waals surface area contributed by atoms with E-state index < -0.39 is 34.4 Å². The number of fused-ring (bicyclic) bond motifs is 1. The topological polar surface area (TPSA) is 123 Å². The van der Waals surface area contributed by atoms with Crippen molar-refractivity contribution in [1.29, 1.82) is 0 Å². The number of rotatable bonds is 13. The molecule has 6 rings (SSSR count). The Balaban J connectivity index is 1.23. The largest absolute Gasteiger partial charge is 0.493 e. The fourth-order valence-electron chi connectivity index (χ4n) is 5.35. The molecule has 0 aliphatic heterocycles. The second-order valence-electron chi connectivity index (χ2n) is 11.3. The Kier molecular flexibility index (Phi) is 10.5. The van der Waals surface area contributed by atoms with E-state index in [1.807, 2.05) is 30.3 Å². The molecule has 51 heavy (non-hydrogen) atoms. The number of carbonyl (C=O) groups is 1. The summed E-state index contributed by atoms with van der Waals surface area (Å²) in [6.07, 6.45) is 3.05. The van der Waals surface area contributed by atoms with Crippen LogP contribution in [-0.4, -0.2) is 40.9 Å². The molecule has 1 amide bonds. The fraction of sp³-hybridized carbons (Fsp3) is 0.158. The number of amides is 1. The van der Waals surface area contributed by atoms with E-state index in [-0.39, 0.29) is 23.7 Å². The summed E-state index contributed by atoms with van der Waals surface area (Å²) in [6, 6.07) is 23.0. The number of hydrogen-bond acceptors (Lipinski definition) is 8. The summed E-state index contributed by atoms with van der Waals surface area (Å²) in [5.74, 6) is -1.20. The normalized spacial score (nSPS) is 11.0. The van der Waals surface area contributed by atoms with E-state index in [0.717, 1.165) is 34.5 Å². The Morgan fingerprint density at radius 1 is 0.843 bits per heavy atom. The monoisotopic (exact) mass is 694 g/mol. The molecule has 13 heteroatoms. The van der Waals surface area contributed by atoms with Crippen molar-refractivity contribution in [2.24, 2.45) is 0 Å². The minimum atomic E-state index is -0.933. The summed E-state index contributed by atoms with van der Waals surface area (Å²) < 4.78 is 53.4. The first-order valence-electron chi connectivity index (χ1n) is 15.8. The van der Waals surface area contributed by atoms with Crippen LogP contribution in [0.4, 0.5) is 14.5 Å². The van der Waals surface area contributed by atoms with E-state index in [0.29, 0.717) is 47.8 Å². The molecule has 1 N–H and O–H groups in total. The fourth-order valence-corrected chi connectivity index (χ4v) is 5.35. The molecule has 2 aromatic heterocycles. The predicted molar refractivity (Wildman–Crippen MR) is 186 cm³/mol. The summed E-state index contributed by atoms with van der Waals surface area (Å²) in [7, 11) is 2.99. The number of halogens is 2. The molecule has 0 spiro atoms. The first-order valence-corrected chi connectivity index (χ1v) is 15.8. The third kappa shape index (κ3) is 7.78. The van der Waals surface area contributed by atoms with Crippen molar-refractivity contribution in [3.8, 4) is 28.7 Å². The van der Waals surface area contributed by atoms with Gasteiger partial charge in [0.05, 0.1) is 32.0 Å². The van der Waals surface area contributed by atoms with Gasteiger partial charge in [0.2, 0.25) is 0 Å². The highest BCUT2D eigenvalue weighted by Gasteiger charge is 2.20. The van der Waals surface area contributed by atoms with Crippen LogP contribution in [0.2, 0.25) is 0 Å². The van der Waals surface area contributed by atoms with Gasteiger partial charge in [-0.05, 0) is 60.5 Å². The van der Waals surface area contributed by atoms with Gasteiger partial charge >= 0.3 is 5.69 Å². The number of methoxy groups -OCH3 is 2. The van der Waals surface area contributed by atoms with E-state index in [9.17, 15) is 18.8 Å². The van der Waals surface area contributed by atoms with Crippen LogP contribution in [0.1, 0.15) is 22.3 Å². The van der Waals surface area contributed by atoms with Crippen molar-refractivity contribution < 1.29 is 32.5 Å². The van der Waals surface area contributed by atoms with Crippen LogP contribution in [0.3, 0.4) is 0 Å². The molecular weight excluding hydrogens is 662 g/mol. The van der Waals surface area contributed by atoms with Crippen molar-refractivity contribution in [2.45, 2.75) is 19.6 Å². The van der Waals surface area contributed by atoms with Crippen molar-refractivity contribution in [2.75, 3.05) is 26.1 Å². The summed E-state index contributed by atoms with van der Waals surface area (Å²) >= 11 is 0. The maximum Gasteiger partial charge on any atom is 0.335 e. The van der Waals surface area contributed by atoms with E-state index in [1.165, 1.54) is 49.2 Å². The SMILES string of the molecule is COc1cc2nccc(Oc3ccc(NC(=O)c4cn(CCCOCc5ccccc5)c(=O)n(-c5ccc(F)cc5)c4=O)cc3F)c2cc1OC. The minimum absolute atomic E-state index is 0.0237. The third-order valence-electron chi connectivity index (χ3n) is 7.90. The molecule has 0 saturated carbocycles. The zero-order chi connectivity index (χ0) is 35.9. The van der Waals surface area contributed by atoms with E-state index in [1.54, 1.807) is 18.2 Å². The molecule has 0 aliphatic carbocycles. The Bertz CT molecular complexity index is 2310. The lowest BCUT2D eigenvalue weighted by molar-refractivity contribution is 0.102. The first-order chi connectivity index (χ1) is 24.7. The van der Waals surface area contributed by atoms with Crippen LogP contribution < -0.4 is 30.8 Å². The highest BCUT2D eigenvalue weighted by atomic mass is 19.1. The van der Waals surface area contributed by atoms with Gasteiger partial charge < -0.3 is 24.3 Å². The molecule has 0 bridgehead atoms. The van der Waals surface area contributed by atoms with Crippen LogP contribution in [0.15, 0.2) is 113 Å². The van der Waals surface area contributed by atoms with Crippen LogP contribution in [0, 0.1) is 11.6 Å². The van der Waals surface area contributed by atoms with Crippen LogP contribution in [0.5, 0.6) is 23.0 Å². The standard InChI is InChI=1S/C38H32F2N4O7/c1-48-34-20-28-31(21-35(34)49-2)41-16-15-32(28)51-33-14-11-26(19-30(33)40)42-36(45)29-22-43(17-6-18-50-23-24-7-4-3-5-8-24)38(47)44(37(29)46)27-12-9-25(39)10-13-27/h3-5,7-16,19-22H,6,17-18,23H2,1-2H3,(H,42,45). The van der Waals surface area contributed by atoms with E-state index in [2.05, 4.69) is 10.3 Å². The van der Waals surface area contributed by atoms with Gasteiger partial charge in [-0.1, -0.05) is 30.3 Å². The van der Waals surface area contributed by atoms with Crippen molar-refractivity contribution in [3.05, 3.63) is 147 Å². The zero-order valence-electron chi connectivity index (χ0n) is 27.6. The van der Waals surface area contributed by atoms with Crippen LogP contribution >= 0.6 is 0 Å². The molecular formula is C38H32F2N4O7. The number of pyridine rings is 1. The van der Waals surface area contributed by atoms with Gasteiger partial charge in [0, 0.05) is 48.8 Å². The highest BCUT2D eigenvalue weighted by molar-refractivity contribution is 6.04. The molecule has 0 saturated heterocycles. The molecule has 0 unspecified atom stereocenters. The number of aryl methyl sites for hydroxylation is 1. The van der Waals surface area contributed by atoms with E-state index >= 15 is 4.39 Å². The lowest BCUT2D eigenvalue weighted by atomic mass is 10.1. The van der Waals surface area contributed by atoms with Gasteiger partial charge in [-0.25, -0.2) is 18.1 Å². The molecule has 4 aromatic carbocycles. The molecule has 2 heterocycles. The number of anilines is 1. The lowest BCUT2D eigenvalue weighted by Gasteiger charge is -2.14. The van der Waals surface area contributed by atoms with Gasteiger partial charge in [-0.3, -0.25) is 19.1 Å². The minimum Gasteiger partial charge on any atom is -0.493 e. The summed E-state index contributed by atoms with van der Waals surface area (Å²) in [6.45, 7) is 0.781. The average molecular weight is 695 g/mol. The Hall–Kier alpha value is -6.34. The Morgan fingerprint density at radius 2 is 1.59 bits per heavy atom. The highest BCUT2D eigenvalue weighted by Crippen LogP contribution is 2.37. The van der Waals surface area contributed by atoms with Crippen molar-refractivity contribution in [3.63, 3.8) is 0 Å². The molecule has 260 valence electrons. The van der Waals surface area contributed by atoms with Crippen molar-refractivity contribution >= 4 is 22.5 Å². The Labute approximate surface area is 290 Å². The smallest absolute Gasteiger partial charge is 0.335 e. The van der Waals surface area contributed by atoms with Crippen LogP contribution in [-0.2, 0) is 17.9 Å². The second kappa shape index (κ2) is 15.5. The van der Waals surface area contributed by atoms with Gasteiger partial charge in [-0.2, -0.15) is 0 Å². The second-order valence-corrected chi connectivity index (χ2v) is 11.3. The lowest BCUT2D eigenvalue weighted by Crippen LogP contribution is -2.42. The van der Waals surface area contributed by atoms with Crippen molar-refractivity contribution in [1.82, 2.24) is 14.1 Å². The third-order valence-corrected chi connectivity index (χ3v) is 7.90. The van der Waals surface area contributed by atoms with Gasteiger partial charge in [0.15, 0.2) is 23.1 Å². The maximum absolute atomic E-state index is 15.4. The number of hydrogen-bond donors (Lipinski definition) is 1. The molecule has 6 aromatic rings.